The third-order valence-electron chi connectivity index (χ3n) is 10.1. The van der Waals surface area contributed by atoms with E-state index in [9.17, 15) is 0 Å². The molecule has 0 spiro atoms. The molecule has 226 valence electrons. The van der Waals surface area contributed by atoms with Crippen molar-refractivity contribution >= 4 is 43.5 Å². The molecule has 0 aliphatic heterocycles. The van der Waals surface area contributed by atoms with Crippen LogP contribution in [0.25, 0.3) is 88.8 Å². The van der Waals surface area contributed by atoms with Gasteiger partial charge in [0.1, 0.15) is 11.2 Å². The molecule has 0 atom stereocenters. The minimum absolute atomic E-state index is 0.0529. The van der Waals surface area contributed by atoms with Crippen LogP contribution in [0.1, 0.15) is 25.0 Å². The second-order valence-electron chi connectivity index (χ2n) is 13.3. The van der Waals surface area contributed by atoms with Crippen LogP contribution < -0.4 is 0 Å². The van der Waals surface area contributed by atoms with E-state index in [4.69, 9.17) is 19.4 Å². The van der Waals surface area contributed by atoms with Gasteiger partial charge in [-0.1, -0.05) is 117 Å². The second kappa shape index (κ2) is 9.93. The van der Waals surface area contributed by atoms with Crippen LogP contribution in [0, 0.1) is 0 Å². The Kier molecular flexibility index (Phi) is 5.59. The summed E-state index contributed by atoms with van der Waals surface area (Å²) in [6.07, 6.45) is 0. The van der Waals surface area contributed by atoms with Crippen LogP contribution in [0.2, 0.25) is 0 Å². The molecule has 48 heavy (non-hydrogen) atoms. The zero-order valence-corrected chi connectivity index (χ0v) is 26.5. The summed E-state index contributed by atoms with van der Waals surface area (Å²) in [6, 6.07) is 49.1. The van der Waals surface area contributed by atoms with Gasteiger partial charge in [0.2, 0.25) is 0 Å². The summed E-state index contributed by atoms with van der Waals surface area (Å²) in [5.74, 6) is 1.88. The number of furan rings is 1. The van der Waals surface area contributed by atoms with Crippen molar-refractivity contribution in [2.75, 3.05) is 0 Å². The number of hydrogen-bond donors (Lipinski definition) is 0. The average Bonchev–Trinajstić information content (AvgIpc) is 3.62. The maximum absolute atomic E-state index is 6.22. The van der Waals surface area contributed by atoms with Gasteiger partial charge in [0, 0.05) is 32.9 Å². The molecule has 4 heteroatoms. The van der Waals surface area contributed by atoms with Crippen molar-refractivity contribution in [3.63, 3.8) is 0 Å². The molecule has 9 aromatic rings. The first-order valence-corrected chi connectivity index (χ1v) is 16.4. The summed E-state index contributed by atoms with van der Waals surface area (Å²) in [5, 5.41) is 7.06. The molecule has 0 radical (unpaired) electrons. The van der Waals surface area contributed by atoms with Crippen LogP contribution in [0.4, 0.5) is 0 Å². The molecule has 1 aliphatic carbocycles. The topological polar surface area (TPSA) is 51.8 Å². The van der Waals surface area contributed by atoms with Gasteiger partial charge in [-0.3, -0.25) is 0 Å². The van der Waals surface area contributed by atoms with Gasteiger partial charge in [0.15, 0.2) is 17.5 Å². The fourth-order valence-corrected chi connectivity index (χ4v) is 7.62. The highest BCUT2D eigenvalue weighted by Crippen LogP contribution is 2.50. The van der Waals surface area contributed by atoms with Crippen molar-refractivity contribution < 1.29 is 4.42 Å². The maximum atomic E-state index is 6.22. The number of fused-ring (bicyclic) bond motifs is 9. The lowest BCUT2D eigenvalue weighted by Crippen LogP contribution is -2.14. The minimum Gasteiger partial charge on any atom is -0.456 e. The normalized spacial score (nSPS) is 13.4. The summed E-state index contributed by atoms with van der Waals surface area (Å²) < 4.78 is 6.22. The van der Waals surface area contributed by atoms with E-state index in [1.807, 2.05) is 54.6 Å². The van der Waals surface area contributed by atoms with Gasteiger partial charge in [0.25, 0.3) is 0 Å². The average molecular weight is 616 g/mol. The molecular weight excluding hydrogens is 587 g/mol. The maximum Gasteiger partial charge on any atom is 0.164 e. The molecule has 4 nitrogen and oxygen atoms in total. The van der Waals surface area contributed by atoms with Crippen LogP contribution in [-0.4, -0.2) is 15.0 Å². The van der Waals surface area contributed by atoms with Crippen molar-refractivity contribution in [3.8, 4) is 45.3 Å². The minimum atomic E-state index is -0.0529. The Hall–Kier alpha value is -6.13. The van der Waals surface area contributed by atoms with Crippen LogP contribution in [0.5, 0.6) is 0 Å². The lowest BCUT2D eigenvalue weighted by molar-refractivity contribution is 0.661. The molecule has 7 aromatic carbocycles. The Morgan fingerprint density at radius 2 is 1.04 bits per heavy atom. The highest BCUT2D eigenvalue weighted by atomic mass is 16.3. The fourth-order valence-electron chi connectivity index (χ4n) is 7.62. The lowest BCUT2D eigenvalue weighted by Gasteiger charge is -2.22. The van der Waals surface area contributed by atoms with E-state index in [1.54, 1.807) is 0 Å². The molecule has 2 aromatic heterocycles. The molecule has 0 saturated carbocycles. The molecular formula is C44H29N3O. The molecule has 0 unspecified atom stereocenters. The quantitative estimate of drug-likeness (QED) is 0.186. The Bertz CT molecular complexity index is 2760. The predicted octanol–water partition coefficient (Wildman–Crippen LogP) is 11.4. The fraction of sp³-hybridized carbons (Fsp3) is 0.0682. The van der Waals surface area contributed by atoms with Gasteiger partial charge in [-0.2, -0.15) is 0 Å². The number of benzene rings is 7. The molecule has 1 aliphatic rings. The summed E-state index contributed by atoms with van der Waals surface area (Å²) in [6.45, 7) is 4.67. The summed E-state index contributed by atoms with van der Waals surface area (Å²) in [7, 11) is 0. The molecule has 0 N–H and O–H groups in total. The van der Waals surface area contributed by atoms with Gasteiger partial charge < -0.3 is 4.42 Å². The van der Waals surface area contributed by atoms with Crippen molar-refractivity contribution in [3.05, 3.63) is 151 Å². The summed E-state index contributed by atoms with van der Waals surface area (Å²) in [4.78, 5) is 15.0. The van der Waals surface area contributed by atoms with Gasteiger partial charge in [-0.15, -0.1) is 0 Å². The van der Waals surface area contributed by atoms with Gasteiger partial charge >= 0.3 is 0 Å². The Labute approximate surface area is 277 Å². The SMILES string of the molecule is CC1(C)c2ccccc2-c2cc3ccc4cc(-c5nc(-c6ccccc6)nc(-c6ccc7c(c6)oc6ccccc67)n5)ccc4c3cc21. The number of aromatic nitrogens is 3. The summed E-state index contributed by atoms with van der Waals surface area (Å²) in [5.41, 5.74) is 9.85. The first-order valence-electron chi connectivity index (χ1n) is 16.4. The van der Waals surface area contributed by atoms with Crippen LogP contribution in [0.3, 0.4) is 0 Å². The van der Waals surface area contributed by atoms with E-state index in [-0.39, 0.29) is 5.41 Å². The Morgan fingerprint density at radius 3 is 1.85 bits per heavy atom. The largest absolute Gasteiger partial charge is 0.456 e. The van der Waals surface area contributed by atoms with E-state index < -0.39 is 0 Å². The van der Waals surface area contributed by atoms with Crippen molar-refractivity contribution in [1.29, 1.82) is 0 Å². The first kappa shape index (κ1) is 27.0. The highest BCUT2D eigenvalue weighted by molar-refractivity contribution is 6.10. The van der Waals surface area contributed by atoms with Gasteiger partial charge in [-0.05, 0) is 80.2 Å². The Morgan fingerprint density at radius 1 is 0.417 bits per heavy atom. The summed E-state index contributed by atoms with van der Waals surface area (Å²) >= 11 is 0. The van der Waals surface area contributed by atoms with Crippen molar-refractivity contribution in [2.24, 2.45) is 0 Å². The molecule has 0 saturated heterocycles. The second-order valence-corrected chi connectivity index (χ2v) is 13.3. The Balaban J connectivity index is 1.13. The number of rotatable bonds is 3. The zero-order valence-electron chi connectivity index (χ0n) is 26.5. The third-order valence-corrected chi connectivity index (χ3v) is 10.1. The van der Waals surface area contributed by atoms with Gasteiger partial charge in [0.05, 0.1) is 0 Å². The van der Waals surface area contributed by atoms with Crippen LogP contribution >= 0.6 is 0 Å². The lowest BCUT2D eigenvalue weighted by atomic mass is 9.81. The van der Waals surface area contributed by atoms with E-state index in [0.29, 0.717) is 17.5 Å². The van der Waals surface area contributed by atoms with Crippen LogP contribution in [-0.2, 0) is 5.41 Å². The molecule has 0 fully saturated rings. The van der Waals surface area contributed by atoms with Crippen LogP contribution in [0.15, 0.2) is 144 Å². The number of nitrogens with zero attached hydrogens (tertiary/aromatic N) is 3. The van der Waals surface area contributed by atoms with E-state index in [1.165, 1.54) is 38.4 Å². The van der Waals surface area contributed by atoms with Crippen molar-refractivity contribution in [2.45, 2.75) is 19.3 Å². The highest BCUT2D eigenvalue weighted by Gasteiger charge is 2.35. The standard InChI is InChI=1S/C44H29N3O/c1-44(2)37-14-8-6-12-32(37)36-23-28-17-16-27-22-29(18-20-31(27)35(28)25-38(36)44)42-45-41(26-10-4-3-5-11-26)46-43(47-42)30-19-21-34-33-13-7-9-15-39(33)48-40(34)24-30/h3-25H,1-2H3. The van der Waals surface area contributed by atoms with E-state index in [0.717, 1.165) is 44.0 Å². The zero-order chi connectivity index (χ0) is 32.0. The van der Waals surface area contributed by atoms with E-state index >= 15 is 0 Å². The van der Waals surface area contributed by atoms with Crippen molar-refractivity contribution in [1.82, 2.24) is 15.0 Å². The smallest absolute Gasteiger partial charge is 0.164 e. The number of hydrogen-bond acceptors (Lipinski definition) is 4. The molecule has 0 amide bonds. The monoisotopic (exact) mass is 615 g/mol. The van der Waals surface area contributed by atoms with E-state index in [2.05, 4.69) is 98.8 Å². The first-order chi connectivity index (χ1) is 23.5. The predicted molar refractivity (Wildman–Crippen MR) is 196 cm³/mol. The molecule has 0 bridgehead atoms. The molecule has 2 heterocycles. The third kappa shape index (κ3) is 3.99. The number of para-hydroxylation sites is 1. The van der Waals surface area contributed by atoms with Gasteiger partial charge in [-0.25, -0.2) is 15.0 Å². The molecule has 10 rings (SSSR count).